The number of aromatic nitrogens is 4. The Balaban J connectivity index is 1.53. The lowest BCUT2D eigenvalue weighted by Gasteiger charge is -2.41. The SMILES string of the molecule is CCCN1CCN(S(=O)(=O)c2cnn(C)c2C)C[C@H]1c1cc2cnn(-c3ccc(F)cc3)c2cc1C. The van der Waals surface area contributed by atoms with Crippen molar-refractivity contribution in [2.24, 2.45) is 7.05 Å². The third kappa shape index (κ3) is 4.23. The van der Waals surface area contributed by atoms with Crippen molar-refractivity contribution in [3.8, 4) is 5.69 Å². The van der Waals surface area contributed by atoms with Crippen LogP contribution in [0.3, 0.4) is 0 Å². The highest BCUT2D eigenvalue weighted by atomic mass is 32.2. The van der Waals surface area contributed by atoms with Crippen LogP contribution in [0.25, 0.3) is 16.6 Å². The van der Waals surface area contributed by atoms with Crippen LogP contribution in [0.4, 0.5) is 4.39 Å². The standard InChI is InChI=1S/C26H31FN6O2S/c1-5-10-31-11-12-32(36(34,35)26-16-28-30(4)19(26)3)17-25(31)23-14-20-15-29-33(24(20)13-18(23)2)22-8-6-21(27)7-9-22/h6-9,13-16,25H,5,10-12,17H2,1-4H3/t25-/m0/s1. The number of rotatable bonds is 6. The monoisotopic (exact) mass is 510 g/mol. The van der Waals surface area contributed by atoms with Crippen molar-refractivity contribution in [2.45, 2.75) is 38.1 Å². The zero-order chi connectivity index (χ0) is 25.6. The summed E-state index contributed by atoms with van der Waals surface area (Å²) in [4.78, 5) is 2.64. The molecule has 0 spiro atoms. The van der Waals surface area contributed by atoms with Crippen molar-refractivity contribution >= 4 is 20.9 Å². The smallest absolute Gasteiger partial charge is 0.246 e. The number of nitrogens with zero attached hydrogens (tertiary/aromatic N) is 6. The predicted molar refractivity (Wildman–Crippen MR) is 137 cm³/mol. The Morgan fingerprint density at radius 3 is 2.47 bits per heavy atom. The second-order valence-electron chi connectivity index (χ2n) is 9.43. The Bertz CT molecular complexity index is 1510. The molecule has 0 amide bonds. The fourth-order valence-electron chi connectivity index (χ4n) is 5.08. The Morgan fingerprint density at radius 1 is 1.06 bits per heavy atom. The molecule has 0 N–H and O–H groups in total. The fourth-order valence-corrected chi connectivity index (χ4v) is 6.70. The van der Waals surface area contributed by atoms with Crippen molar-refractivity contribution in [1.29, 1.82) is 0 Å². The molecular formula is C26H31FN6O2S. The maximum atomic E-state index is 13.6. The van der Waals surface area contributed by atoms with Crippen molar-refractivity contribution in [3.05, 3.63) is 71.4 Å². The Hall–Kier alpha value is -3.08. The number of hydrogen-bond acceptors (Lipinski definition) is 5. The summed E-state index contributed by atoms with van der Waals surface area (Å²) in [5.41, 5.74) is 4.50. The van der Waals surface area contributed by atoms with E-state index in [0.29, 0.717) is 25.3 Å². The summed E-state index contributed by atoms with van der Waals surface area (Å²) in [5.74, 6) is -0.289. The fraction of sp³-hybridized carbons (Fsp3) is 0.385. The first kappa shape index (κ1) is 24.6. The molecule has 0 unspecified atom stereocenters. The van der Waals surface area contributed by atoms with Crippen LogP contribution in [-0.4, -0.2) is 63.4 Å². The van der Waals surface area contributed by atoms with Gasteiger partial charge in [0.05, 0.1) is 29.3 Å². The third-order valence-corrected chi connectivity index (χ3v) is 9.13. The molecule has 1 saturated heterocycles. The van der Waals surface area contributed by atoms with Crippen LogP contribution in [0.2, 0.25) is 0 Å². The van der Waals surface area contributed by atoms with E-state index in [4.69, 9.17) is 0 Å². The molecule has 10 heteroatoms. The van der Waals surface area contributed by atoms with Crippen molar-refractivity contribution < 1.29 is 12.8 Å². The van der Waals surface area contributed by atoms with E-state index in [1.807, 2.05) is 6.20 Å². The van der Waals surface area contributed by atoms with Crippen molar-refractivity contribution in [3.63, 3.8) is 0 Å². The average Bonchev–Trinajstić information content (AvgIpc) is 3.42. The van der Waals surface area contributed by atoms with Gasteiger partial charge < -0.3 is 0 Å². The summed E-state index contributed by atoms with van der Waals surface area (Å²) in [6, 6.07) is 10.4. The van der Waals surface area contributed by atoms with Gasteiger partial charge in [-0.1, -0.05) is 6.92 Å². The van der Waals surface area contributed by atoms with Gasteiger partial charge in [0.15, 0.2) is 0 Å². The molecule has 36 heavy (non-hydrogen) atoms. The lowest BCUT2D eigenvalue weighted by Crippen LogP contribution is -2.50. The van der Waals surface area contributed by atoms with Crippen molar-refractivity contribution in [2.75, 3.05) is 26.2 Å². The van der Waals surface area contributed by atoms with Crippen LogP contribution in [0, 0.1) is 19.7 Å². The number of benzene rings is 2. The molecule has 5 rings (SSSR count). The molecule has 4 aromatic rings. The van der Waals surface area contributed by atoms with Gasteiger partial charge in [-0.2, -0.15) is 14.5 Å². The number of aryl methyl sites for hydroxylation is 2. The van der Waals surface area contributed by atoms with E-state index in [2.05, 4.69) is 41.1 Å². The van der Waals surface area contributed by atoms with Crippen LogP contribution in [0.1, 0.15) is 36.2 Å². The maximum Gasteiger partial charge on any atom is 0.246 e. The van der Waals surface area contributed by atoms with Gasteiger partial charge in [-0.15, -0.1) is 0 Å². The van der Waals surface area contributed by atoms with Gasteiger partial charge in [-0.05, 0) is 74.3 Å². The van der Waals surface area contributed by atoms with Crippen LogP contribution >= 0.6 is 0 Å². The molecule has 3 heterocycles. The Labute approximate surface area is 211 Å². The molecule has 0 aliphatic carbocycles. The van der Waals surface area contributed by atoms with Crippen LogP contribution in [0.5, 0.6) is 0 Å². The van der Waals surface area contributed by atoms with Crippen LogP contribution in [-0.2, 0) is 17.1 Å². The van der Waals surface area contributed by atoms with Crippen molar-refractivity contribution in [1.82, 2.24) is 28.8 Å². The molecule has 190 valence electrons. The Morgan fingerprint density at radius 2 is 1.81 bits per heavy atom. The lowest BCUT2D eigenvalue weighted by molar-refractivity contribution is 0.118. The second kappa shape index (κ2) is 9.42. The van der Waals surface area contributed by atoms with E-state index < -0.39 is 10.0 Å². The molecule has 2 aromatic heterocycles. The lowest BCUT2D eigenvalue weighted by atomic mass is 9.96. The van der Waals surface area contributed by atoms with E-state index in [-0.39, 0.29) is 16.8 Å². The normalized spacial score (nSPS) is 17.8. The zero-order valence-corrected chi connectivity index (χ0v) is 21.8. The quantitative estimate of drug-likeness (QED) is 0.392. The van der Waals surface area contributed by atoms with Gasteiger partial charge in [0.2, 0.25) is 10.0 Å². The first-order valence-electron chi connectivity index (χ1n) is 12.2. The zero-order valence-electron chi connectivity index (χ0n) is 21.0. The molecule has 2 aromatic carbocycles. The van der Waals surface area contributed by atoms with E-state index in [9.17, 15) is 12.8 Å². The van der Waals surface area contributed by atoms with Gasteiger partial charge in [-0.25, -0.2) is 17.5 Å². The molecule has 0 bridgehead atoms. The number of fused-ring (bicyclic) bond motifs is 1. The van der Waals surface area contributed by atoms with E-state index in [0.717, 1.165) is 40.7 Å². The van der Waals surface area contributed by atoms with Gasteiger partial charge in [0.1, 0.15) is 10.7 Å². The highest BCUT2D eigenvalue weighted by molar-refractivity contribution is 7.89. The molecule has 1 fully saturated rings. The minimum atomic E-state index is -3.67. The van der Waals surface area contributed by atoms with Crippen LogP contribution < -0.4 is 0 Å². The van der Waals surface area contributed by atoms with E-state index in [1.165, 1.54) is 18.3 Å². The number of piperazine rings is 1. The molecule has 1 aliphatic heterocycles. The topological polar surface area (TPSA) is 76.3 Å². The minimum Gasteiger partial charge on any atom is -0.294 e. The first-order chi connectivity index (χ1) is 17.2. The second-order valence-corrected chi connectivity index (χ2v) is 11.3. The van der Waals surface area contributed by atoms with E-state index in [1.54, 1.807) is 39.8 Å². The molecule has 0 radical (unpaired) electrons. The van der Waals surface area contributed by atoms with Gasteiger partial charge >= 0.3 is 0 Å². The van der Waals surface area contributed by atoms with E-state index >= 15 is 0 Å². The molecule has 1 atom stereocenters. The molecule has 1 aliphatic rings. The summed E-state index contributed by atoms with van der Waals surface area (Å²) in [5, 5.41) is 9.66. The largest absolute Gasteiger partial charge is 0.294 e. The third-order valence-electron chi connectivity index (χ3n) is 7.16. The summed E-state index contributed by atoms with van der Waals surface area (Å²) < 4.78 is 45.5. The molecule has 8 nitrogen and oxygen atoms in total. The highest BCUT2D eigenvalue weighted by Gasteiger charge is 2.36. The number of sulfonamides is 1. The van der Waals surface area contributed by atoms with Crippen LogP contribution in [0.15, 0.2) is 53.7 Å². The summed E-state index contributed by atoms with van der Waals surface area (Å²) in [6.07, 6.45) is 4.23. The van der Waals surface area contributed by atoms with Gasteiger partial charge in [-0.3, -0.25) is 9.58 Å². The number of hydrogen-bond donors (Lipinski definition) is 0. The summed E-state index contributed by atoms with van der Waals surface area (Å²) in [7, 11) is -1.91. The molecule has 0 saturated carbocycles. The Kier molecular flexibility index (Phi) is 6.44. The average molecular weight is 511 g/mol. The minimum absolute atomic E-state index is 0.0796. The van der Waals surface area contributed by atoms with Gasteiger partial charge in [0.25, 0.3) is 0 Å². The summed E-state index contributed by atoms with van der Waals surface area (Å²) >= 11 is 0. The highest BCUT2D eigenvalue weighted by Crippen LogP contribution is 2.34. The number of halogens is 1. The van der Waals surface area contributed by atoms with Gasteiger partial charge in [0, 0.05) is 38.1 Å². The molecular weight excluding hydrogens is 479 g/mol. The predicted octanol–water partition coefficient (Wildman–Crippen LogP) is 3.97. The first-order valence-corrected chi connectivity index (χ1v) is 13.6. The summed E-state index contributed by atoms with van der Waals surface area (Å²) in [6.45, 7) is 8.33. The maximum absolute atomic E-state index is 13.6.